The van der Waals surface area contributed by atoms with Crippen LogP contribution in [0, 0.1) is 0 Å². The van der Waals surface area contributed by atoms with Crippen LogP contribution in [0.2, 0.25) is 0 Å². The fraction of sp³-hybridized carbons (Fsp3) is 0.571. The predicted molar refractivity (Wildman–Crippen MR) is 69.9 cm³/mol. The Labute approximate surface area is 108 Å². The quantitative estimate of drug-likeness (QED) is 0.782. The molecule has 4 heteroatoms. The third kappa shape index (κ3) is 3.37. The predicted octanol–water partition coefficient (Wildman–Crippen LogP) is 2.12. The first kappa shape index (κ1) is 14.8. The summed E-state index contributed by atoms with van der Waals surface area (Å²) in [6.45, 7) is 3.90. The van der Waals surface area contributed by atoms with Crippen LogP contribution in [0.4, 0.5) is 0 Å². The lowest BCUT2D eigenvalue weighted by Gasteiger charge is -2.26. The first-order valence-corrected chi connectivity index (χ1v) is 6.22. The second-order valence-electron chi connectivity index (χ2n) is 4.33. The SMILES string of the molecule is CCC(O)(CC)COc1c(CO)cccc1OC. The van der Waals surface area contributed by atoms with Crippen LogP contribution >= 0.6 is 0 Å². The number of methoxy groups -OCH3 is 1. The first-order valence-electron chi connectivity index (χ1n) is 6.22. The summed E-state index contributed by atoms with van der Waals surface area (Å²) in [6, 6.07) is 5.34. The van der Waals surface area contributed by atoms with Gasteiger partial charge >= 0.3 is 0 Å². The molecule has 0 radical (unpaired) electrons. The van der Waals surface area contributed by atoms with Crippen molar-refractivity contribution in [2.24, 2.45) is 0 Å². The van der Waals surface area contributed by atoms with E-state index in [4.69, 9.17) is 9.47 Å². The van der Waals surface area contributed by atoms with Crippen molar-refractivity contribution < 1.29 is 19.7 Å². The molecule has 0 aliphatic carbocycles. The van der Waals surface area contributed by atoms with Gasteiger partial charge in [-0.25, -0.2) is 0 Å². The van der Waals surface area contributed by atoms with Gasteiger partial charge in [-0.05, 0) is 18.9 Å². The van der Waals surface area contributed by atoms with E-state index >= 15 is 0 Å². The molecule has 4 nitrogen and oxygen atoms in total. The van der Waals surface area contributed by atoms with Crippen molar-refractivity contribution in [1.82, 2.24) is 0 Å². The van der Waals surface area contributed by atoms with Gasteiger partial charge in [0, 0.05) is 5.56 Å². The van der Waals surface area contributed by atoms with E-state index in [1.54, 1.807) is 25.3 Å². The van der Waals surface area contributed by atoms with Crippen molar-refractivity contribution in [3.63, 3.8) is 0 Å². The Morgan fingerprint density at radius 2 is 1.89 bits per heavy atom. The van der Waals surface area contributed by atoms with E-state index in [0.29, 0.717) is 29.9 Å². The van der Waals surface area contributed by atoms with Crippen molar-refractivity contribution in [3.8, 4) is 11.5 Å². The monoisotopic (exact) mass is 254 g/mol. The Hall–Kier alpha value is -1.26. The van der Waals surface area contributed by atoms with Gasteiger partial charge < -0.3 is 19.7 Å². The molecule has 0 aliphatic heterocycles. The van der Waals surface area contributed by atoms with Gasteiger partial charge in [0.15, 0.2) is 11.5 Å². The van der Waals surface area contributed by atoms with Crippen molar-refractivity contribution in [2.45, 2.75) is 38.9 Å². The smallest absolute Gasteiger partial charge is 0.166 e. The summed E-state index contributed by atoms with van der Waals surface area (Å²) in [4.78, 5) is 0. The van der Waals surface area contributed by atoms with Gasteiger partial charge in [0.2, 0.25) is 0 Å². The normalized spacial score (nSPS) is 11.4. The molecular weight excluding hydrogens is 232 g/mol. The molecule has 0 amide bonds. The third-order valence-corrected chi connectivity index (χ3v) is 3.25. The highest BCUT2D eigenvalue weighted by molar-refractivity contribution is 5.46. The average Bonchev–Trinajstić information content (AvgIpc) is 2.44. The lowest BCUT2D eigenvalue weighted by atomic mass is 9.99. The number of hydrogen-bond acceptors (Lipinski definition) is 4. The minimum absolute atomic E-state index is 0.122. The van der Waals surface area contributed by atoms with Gasteiger partial charge in [-0.2, -0.15) is 0 Å². The van der Waals surface area contributed by atoms with E-state index in [-0.39, 0.29) is 13.2 Å². The molecule has 2 N–H and O–H groups in total. The van der Waals surface area contributed by atoms with E-state index in [9.17, 15) is 10.2 Å². The van der Waals surface area contributed by atoms with Crippen LogP contribution in [-0.2, 0) is 6.61 Å². The molecule has 0 unspecified atom stereocenters. The van der Waals surface area contributed by atoms with Crippen LogP contribution < -0.4 is 9.47 Å². The van der Waals surface area contributed by atoms with Gasteiger partial charge in [-0.3, -0.25) is 0 Å². The molecule has 0 heterocycles. The number of aliphatic hydroxyl groups excluding tert-OH is 1. The van der Waals surface area contributed by atoms with Crippen LogP contribution in [-0.4, -0.2) is 29.5 Å². The molecule has 0 fully saturated rings. The van der Waals surface area contributed by atoms with Gasteiger partial charge in [-0.15, -0.1) is 0 Å². The maximum Gasteiger partial charge on any atom is 0.166 e. The highest BCUT2D eigenvalue weighted by atomic mass is 16.5. The van der Waals surface area contributed by atoms with Crippen LogP contribution in [0.5, 0.6) is 11.5 Å². The Morgan fingerprint density at radius 3 is 2.39 bits per heavy atom. The Bertz CT molecular complexity index is 350. The summed E-state index contributed by atoms with van der Waals surface area (Å²) in [7, 11) is 1.55. The molecule has 1 rings (SSSR count). The zero-order valence-electron chi connectivity index (χ0n) is 11.3. The third-order valence-electron chi connectivity index (χ3n) is 3.25. The molecule has 0 saturated carbocycles. The Morgan fingerprint density at radius 1 is 1.22 bits per heavy atom. The van der Waals surface area contributed by atoms with Crippen LogP contribution in [0.15, 0.2) is 18.2 Å². The van der Waals surface area contributed by atoms with E-state index in [2.05, 4.69) is 0 Å². The molecule has 102 valence electrons. The fourth-order valence-electron chi connectivity index (χ4n) is 1.67. The van der Waals surface area contributed by atoms with Crippen LogP contribution in [0.1, 0.15) is 32.3 Å². The zero-order valence-corrected chi connectivity index (χ0v) is 11.3. The molecular formula is C14H22O4. The molecule has 18 heavy (non-hydrogen) atoms. The summed E-state index contributed by atoms with van der Waals surface area (Å²) in [5.41, 5.74) is -0.183. The maximum absolute atomic E-state index is 10.2. The number of para-hydroxylation sites is 1. The van der Waals surface area contributed by atoms with Crippen molar-refractivity contribution >= 4 is 0 Å². The molecule has 0 spiro atoms. The minimum atomic E-state index is -0.840. The summed E-state index contributed by atoms with van der Waals surface area (Å²) in [6.07, 6.45) is 1.24. The van der Waals surface area contributed by atoms with Gasteiger partial charge in [-0.1, -0.05) is 26.0 Å². The summed E-state index contributed by atoms with van der Waals surface area (Å²) in [5, 5.41) is 19.5. The van der Waals surface area contributed by atoms with Gasteiger partial charge in [0.25, 0.3) is 0 Å². The van der Waals surface area contributed by atoms with E-state index in [1.165, 1.54) is 0 Å². The highest BCUT2D eigenvalue weighted by Crippen LogP contribution is 2.32. The highest BCUT2D eigenvalue weighted by Gasteiger charge is 2.24. The first-order chi connectivity index (χ1) is 8.60. The van der Waals surface area contributed by atoms with Gasteiger partial charge in [0.05, 0.1) is 19.3 Å². The van der Waals surface area contributed by atoms with Crippen LogP contribution in [0.3, 0.4) is 0 Å². The molecule has 0 saturated heterocycles. The second-order valence-corrected chi connectivity index (χ2v) is 4.33. The number of rotatable bonds is 7. The minimum Gasteiger partial charge on any atom is -0.493 e. The summed E-state index contributed by atoms with van der Waals surface area (Å²) in [5.74, 6) is 1.07. The van der Waals surface area contributed by atoms with E-state index in [1.807, 2.05) is 13.8 Å². The lowest BCUT2D eigenvalue weighted by Crippen LogP contribution is -2.34. The fourth-order valence-corrected chi connectivity index (χ4v) is 1.67. The zero-order chi connectivity index (χ0) is 13.6. The Kier molecular flexibility index (Phi) is 5.44. The summed E-state index contributed by atoms with van der Waals surface area (Å²) < 4.78 is 10.9. The molecule has 0 bridgehead atoms. The standard InChI is InChI=1S/C14H22O4/c1-4-14(16,5-2)10-18-13-11(9-15)7-6-8-12(13)17-3/h6-8,15-16H,4-5,9-10H2,1-3H3. The molecule has 0 aromatic heterocycles. The number of aliphatic hydroxyl groups is 2. The number of benzene rings is 1. The van der Waals surface area contributed by atoms with E-state index in [0.717, 1.165) is 0 Å². The Balaban J connectivity index is 2.89. The van der Waals surface area contributed by atoms with Gasteiger partial charge in [0.1, 0.15) is 6.61 Å². The van der Waals surface area contributed by atoms with Crippen molar-refractivity contribution in [1.29, 1.82) is 0 Å². The molecule has 0 aliphatic rings. The van der Waals surface area contributed by atoms with Crippen LogP contribution in [0.25, 0.3) is 0 Å². The molecule has 0 atom stereocenters. The van der Waals surface area contributed by atoms with Crippen molar-refractivity contribution in [3.05, 3.63) is 23.8 Å². The average molecular weight is 254 g/mol. The second kappa shape index (κ2) is 6.61. The summed E-state index contributed by atoms with van der Waals surface area (Å²) >= 11 is 0. The maximum atomic E-state index is 10.2. The largest absolute Gasteiger partial charge is 0.493 e. The lowest BCUT2D eigenvalue weighted by molar-refractivity contribution is -0.0124. The molecule has 1 aromatic rings. The molecule has 1 aromatic carbocycles. The number of hydrogen-bond donors (Lipinski definition) is 2. The van der Waals surface area contributed by atoms with E-state index < -0.39 is 5.60 Å². The number of ether oxygens (including phenoxy) is 2. The van der Waals surface area contributed by atoms with Crippen molar-refractivity contribution in [2.75, 3.05) is 13.7 Å². The topological polar surface area (TPSA) is 58.9 Å².